The van der Waals surface area contributed by atoms with E-state index in [1.165, 1.54) is 16.8 Å². The molecule has 1 fully saturated rings. The summed E-state index contributed by atoms with van der Waals surface area (Å²) in [6.45, 7) is 2.05. The fourth-order valence-electron chi connectivity index (χ4n) is 5.49. The van der Waals surface area contributed by atoms with Crippen LogP contribution in [0.1, 0.15) is 63.5 Å². The van der Waals surface area contributed by atoms with Crippen molar-refractivity contribution in [2.24, 2.45) is 5.92 Å². The first-order valence-corrected chi connectivity index (χ1v) is 12.3. The molecule has 2 amide bonds. The molecule has 9 nitrogen and oxygen atoms in total. The molecule has 6 rings (SSSR count). The minimum absolute atomic E-state index is 0.0616. The molecule has 2 aromatic heterocycles. The molecule has 0 saturated heterocycles. The van der Waals surface area contributed by atoms with Gasteiger partial charge in [0.1, 0.15) is 17.2 Å². The third-order valence-corrected chi connectivity index (χ3v) is 7.68. The van der Waals surface area contributed by atoms with E-state index in [0.717, 1.165) is 12.8 Å². The van der Waals surface area contributed by atoms with E-state index in [-0.39, 0.29) is 29.9 Å². The lowest BCUT2D eigenvalue weighted by Gasteiger charge is -2.43. The number of hydrogen-bond acceptors (Lipinski definition) is 6. The van der Waals surface area contributed by atoms with Crippen LogP contribution in [-0.2, 0) is 18.6 Å². The third-order valence-electron chi connectivity index (χ3n) is 7.68. The maximum Gasteiger partial charge on any atom is 0.296 e. The van der Waals surface area contributed by atoms with Crippen molar-refractivity contribution in [3.05, 3.63) is 87.1 Å². The van der Waals surface area contributed by atoms with Gasteiger partial charge in [0, 0.05) is 32.5 Å². The van der Waals surface area contributed by atoms with E-state index >= 15 is 0 Å². The Morgan fingerprint density at radius 1 is 1.27 bits per heavy atom. The number of benzene rings is 1. The van der Waals surface area contributed by atoms with Gasteiger partial charge in [0.05, 0.1) is 5.56 Å². The fraction of sp³-hybridized carbons (Fsp3) is 0.370. The molecular weight excluding hydrogens is 477 g/mol. The number of rotatable bonds is 5. The molecule has 3 aromatic rings. The summed E-state index contributed by atoms with van der Waals surface area (Å²) in [6.07, 6.45) is 5.79. The number of aryl methyl sites for hydroxylation is 1. The Morgan fingerprint density at radius 2 is 2.03 bits per heavy atom. The zero-order valence-corrected chi connectivity index (χ0v) is 20.7. The molecule has 1 aliphatic carbocycles. The number of hydrogen-bond donors (Lipinski definition) is 2. The second-order valence-electron chi connectivity index (χ2n) is 9.90. The van der Waals surface area contributed by atoms with Crippen molar-refractivity contribution in [1.29, 1.82) is 0 Å². The maximum absolute atomic E-state index is 13.6. The Bertz CT molecular complexity index is 1430. The SMILES string of the molecule is Cc1cc(CNC(=O)c2nc3n(c(=O)c2O)CC2CCC3(N(C)C(=O)c3cccnc3)CC2)ccc1F. The summed E-state index contributed by atoms with van der Waals surface area (Å²) in [5.74, 6) is -1.56. The van der Waals surface area contributed by atoms with E-state index in [1.807, 2.05) is 0 Å². The second-order valence-corrected chi connectivity index (χ2v) is 9.90. The number of amides is 2. The monoisotopic (exact) mass is 505 g/mol. The van der Waals surface area contributed by atoms with E-state index in [1.54, 1.807) is 49.3 Å². The summed E-state index contributed by atoms with van der Waals surface area (Å²) in [4.78, 5) is 50.1. The minimum atomic E-state index is -0.921. The summed E-state index contributed by atoms with van der Waals surface area (Å²) >= 11 is 0. The van der Waals surface area contributed by atoms with Crippen LogP contribution in [0.25, 0.3) is 0 Å². The number of nitrogens with zero attached hydrogens (tertiary/aromatic N) is 4. The second kappa shape index (κ2) is 9.42. The van der Waals surface area contributed by atoms with Crippen LogP contribution in [0.15, 0.2) is 47.5 Å². The fourth-order valence-corrected chi connectivity index (χ4v) is 5.49. The van der Waals surface area contributed by atoms with Crippen molar-refractivity contribution in [2.75, 3.05) is 7.05 Å². The first-order valence-electron chi connectivity index (χ1n) is 12.3. The molecule has 0 atom stereocenters. The van der Waals surface area contributed by atoms with Gasteiger partial charge in [-0.15, -0.1) is 0 Å². The van der Waals surface area contributed by atoms with Crippen LogP contribution in [0.3, 0.4) is 0 Å². The first-order chi connectivity index (χ1) is 17.7. The molecule has 0 spiro atoms. The van der Waals surface area contributed by atoms with Crippen LogP contribution >= 0.6 is 0 Å². The normalized spacial score (nSPS) is 20.1. The van der Waals surface area contributed by atoms with Gasteiger partial charge in [-0.2, -0.15) is 0 Å². The summed E-state index contributed by atoms with van der Waals surface area (Å²) in [7, 11) is 1.68. The van der Waals surface area contributed by atoms with Gasteiger partial charge in [0.25, 0.3) is 17.4 Å². The molecule has 0 radical (unpaired) electrons. The van der Waals surface area contributed by atoms with E-state index in [0.29, 0.717) is 41.9 Å². The van der Waals surface area contributed by atoms with Crippen LogP contribution in [0.4, 0.5) is 4.39 Å². The standard InChI is InChI=1S/C27H28FN5O4/c1-16-12-18(5-6-20(16)28)13-30-23(35)21-22(34)25(37)33-15-17-7-9-27(10-8-17,26(33)31-21)32(2)24(36)19-4-3-11-29-14-19/h3-6,11-12,14,17,34H,7-10,13,15H2,1-2H3,(H,30,35). The van der Waals surface area contributed by atoms with Crippen LogP contribution in [-0.4, -0.2) is 43.4 Å². The number of halogens is 1. The Morgan fingerprint density at radius 3 is 2.70 bits per heavy atom. The molecule has 2 N–H and O–H groups in total. The van der Waals surface area contributed by atoms with Crippen molar-refractivity contribution in [1.82, 2.24) is 24.8 Å². The summed E-state index contributed by atoms with van der Waals surface area (Å²) < 4.78 is 15.0. The molecule has 37 heavy (non-hydrogen) atoms. The molecule has 2 aliphatic heterocycles. The lowest BCUT2D eigenvalue weighted by Crippen LogP contribution is -2.50. The van der Waals surface area contributed by atoms with Crippen molar-refractivity contribution < 1.29 is 19.1 Å². The average molecular weight is 506 g/mol. The Labute approximate surface area is 213 Å². The molecule has 3 aliphatic rings. The number of aromatic hydroxyl groups is 1. The Kier molecular flexibility index (Phi) is 6.26. The Balaban J connectivity index is 1.53. The predicted molar refractivity (Wildman–Crippen MR) is 132 cm³/mol. The van der Waals surface area contributed by atoms with E-state index in [2.05, 4.69) is 15.3 Å². The number of carbonyl (C=O) groups is 2. The average Bonchev–Trinajstić information content (AvgIpc) is 3.18. The van der Waals surface area contributed by atoms with E-state index in [4.69, 9.17) is 0 Å². The van der Waals surface area contributed by atoms with Crippen molar-refractivity contribution >= 4 is 11.8 Å². The summed E-state index contributed by atoms with van der Waals surface area (Å²) in [5.41, 5.74) is -0.498. The lowest BCUT2D eigenvalue weighted by atomic mass is 9.76. The highest BCUT2D eigenvalue weighted by molar-refractivity contribution is 5.95. The molecule has 4 heterocycles. The molecular formula is C27H28FN5O4. The van der Waals surface area contributed by atoms with Gasteiger partial charge in [-0.3, -0.25) is 23.9 Å². The third kappa shape index (κ3) is 4.26. The highest BCUT2D eigenvalue weighted by Crippen LogP contribution is 2.46. The minimum Gasteiger partial charge on any atom is -0.501 e. The first kappa shape index (κ1) is 24.6. The van der Waals surface area contributed by atoms with Crippen molar-refractivity contribution in [2.45, 2.75) is 51.2 Å². The zero-order chi connectivity index (χ0) is 26.3. The zero-order valence-electron chi connectivity index (χ0n) is 20.7. The predicted octanol–water partition coefficient (Wildman–Crippen LogP) is 2.89. The van der Waals surface area contributed by atoms with Crippen LogP contribution < -0.4 is 10.9 Å². The number of nitrogens with one attached hydrogen (secondary N) is 1. The van der Waals surface area contributed by atoms with Gasteiger partial charge in [-0.1, -0.05) is 12.1 Å². The number of aromatic nitrogens is 3. The van der Waals surface area contributed by atoms with Gasteiger partial charge < -0.3 is 15.3 Å². The van der Waals surface area contributed by atoms with Gasteiger partial charge in [-0.05, 0) is 67.9 Å². The summed E-state index contributed by atoms with van der Waals surface area (Å²) in [5, 5.41) is 13.4. The molecule has 192 valence electrons. The molecule has 1 saturated carbocycles. The smallest absolute Gasteiger partial charge is 0.296 e. The van der Waals surface area contributed by atoms with Gasteiger partial charge in [0.2, 0.25) is 5.75 Å². The van der Waals surface area contributed by atoms with Crippen LogP contribution in [0.2, 0.25) is 0 Å². The van der Waals surface area contributed by atoms with Crippen LogP contribution in [0.5, 0.6) is 5.75 Å². The lowest BCUT2D eigenvalue weighted by molar-refractivity contribution is 0.0372. The summed E-state index contributed by atoms with van der Waals surface area (Å²) in [6, 6.07) is 7.84. The van der Waals surface area contributed by atoms with Gasteiger partial charge >= 0.3 is 0 Å². The quantitative estimate of drug-likeness (QED) is 0.551. The highest BCUT2D eigenvalue weighted by Gasteiger charge is 2.49. The van der Waals surface area contributed by atoms with E-state index in [9.17, 15) is 23.9 Å². The highest BCUT2D eigenvalue weighted by atomic mass is 19.1. The Hall–Kier alpha value is -4.08. The molecule has 0 unspecified atom stereocenters. The van der Waals surface area contributed by atoms with Crippen molar-refractivity contribution in [3.8, 4) is 5.75 Å². The number of fused-ring (bicyclic) bond motifs is 2. The van der Waals surface area contributed by atoms with E-state index < -0.39 is 22.8 Å². The largest absolute Gasteiger partial charge is 0.501 e. The number of carbonyl (C=O) groups excluding carboxylic acids is 2. The van der Waals surface area contributed by atoms with Gasteiger partial charge in [0.15, 0.2) is 5.69 Å². The van der Waals surface area contributed by atoms with Crippen LogP contribution in [0, 0.1) is 18.7 Å². The van der Waals surface area contributed by atoms with Crippen molar-refractivity contribution in [3.63, 3.8) is 0 Å². The topological polar surface area (TPSA) is 117 Å². The van der Waals surface area contributed by atoms with Gasteiger partial charge in [-0.25, -0.2) is 9.37 Å². The molecule has 2 bridgehead atoms. The maximum atomic E-state index is 13.6. The molecule has 10 heteroatoms. The molecule has 1 aromatic carbocycles. The number of pyridine rings is 1.